The number of nitrogens with one attached hydrogen (secondary N) is 1. The van der Waals surface area contributed by atoms with Crippen molar-refractivity contribution in [2.45, 2.75) is 26.3 Å². The number of halogens is 1. The van der Waals surface area contributed by atoms with Gasteiger partial charge in [-0.3, -0.25) is 0 Å². The topological polar surface area (TPSA) is 35.8 Å². The standard InChI is InChI=1S/C17H17BrN2/c1-3-16(13-6-4-12(2)5-7-13)20-17-10-15(18)9-8-14(17)11-19/h4-10,16,20H,3H2,1-2H3. The van der Waals surface area contributed by atoms with E-state index in [1.165, 1.54) is 11.1 Å². The minimum absolute atomic E-state index is 0.206. The number of hydrogen-bond donors (Lipinski definition) is 1. The molecule has 2 rings (SSSR count). The summed E-state index contributed by atoms with van der Waals surface area (Å²) in [5.74, 6) is 0. The van der Waals surface area contributed by atoms with Crippen LogP contribution in [0.1, 0.15) is 36.1 Å². The highest BCUT2D eigenvalue weighted by Gasteiger charge is 2.11. The Morgan fingerprint density at radius 1 is 1.20 bits per heavy atom. The highest BCUT2D eigenvalue weighted by atomic mass is 79.9. The highest BCUT2D eigenvalue weighted by molar-refractivity contribution is 9.10. The molecule has 20 heavy (non-hydrogen) atoms. The number of anilines is 1. The summed E-state index contributed by atoms with van der Waals surface area (Å²) < 4.78 is 0.970. The number of rotatable bonds is 4. The molecule has 0 aliphatic carbocycles. The van der Waals surface area contributed by atoms with Crippen molar-refractivity contribution in [3.8, 4) is 6.07 Å². The zero-order valence-corrected chi connectivity index (χ0v) is 13.2. The van der Waals surface area contributed by atoms with Crippen LogP contribution in [0.15, 0.2) is 46.9 Å². The molecule has 2 nitrogen and oxygen atoms in total. The van der Waals surface area contributed by atoms with Crippen LogP contribution in [-0.4, -0.2) is 0 Å². The molecule has 102 valence electrons. The van der Waals surface area contributed by atoms with Gasteiger partial charge in [0, 0.05) is 4.47 Å². The second kappa shape index (κ2) is 6.58. The molecule has 1 unspecified atom stereocenters. The molecule has 0 aliphatic rings. The van der Waals surface area contributed by atoms with E-state index in [2.05, 4.69) is 65.4 Å². The Bertz CT molecular complexity index is 626. The van der Waals surface area contributed by atoms with Crippen LogP contribution in [0.3, 0.4) is 0 Å². The summed E-state index contributed by atoms with van der Waals surface area (Å²) in [6.07, 6.45) is 0.959. The highest BCUT2D eigenvalue weighted by Crippen LogP contribution is 2.27. The van der Waals surface area contributed by atoms with Crippen molar-refractivity contribution in [3.63, 3.8) is 0 Å². The fourth-order valence-electron chi connectivity index (χ4n) is 2.14. The monoisotopic (exact) mass is 328 g/mol. The molecule has 0 heterocycles. The summed E-state index contributed by atoms with van der Waals surface area (Å²) in [7, 11) is 0. The summed E-state index contributed by atoms with van der Waals surface area (Å²) in [6, 6.07) is 16.6. The van der Waals surface area contributed by atoms with Gasteiger partial charge in [-0.1, -0.05) is 52.7 Å². The lowest BCUT2D eigenvalue weighted by Crippen LogP contribution is -2.10. The van der Waals surface area contributed by atoms with Crippen LogP contribution in [0, 0.1) is 18.3 Å². The van der Waals surface area contributed by atoms with Crippen LogP contribution in [0.25, 0.3) is 0 Å². The third kappa shape index (κ3) is 3.40. The molecular weight excluding hydrogens is 312 g/mol. The fourth-order valence-corrected chi connectivity index (χ4v) is 2.50. The number of nitrogens with zero attached hydrogens (tertiary/aromatic N) is 1. The fraction of sp³-hybridized carbons (Fsp3) is 0.235. The van der Waals surface area contributed by atoms with Gasteiger partial charge >= 0.3 is 0 Å². The van der Waals surface area contributed by atoms with Gasteiger partial charge < -0.3 is 5.32 Å². The Morgan fingerprint density at radius 2 is 1.90 bits per heavy atom. The number of aryl methyl sites for hydroxylation is 1. The maximum Gasteiger partial charge on any atom is 0.101 e. The first-order valence-corrected chi connectivity index (χ1v) is 7.46. The van der Waals surface area contributed by atoms with E-state index in [4.69, 9.17) is 0 Å². The van der Waals surface area contributed by atoms with Gasteiger partial charge in [0.25, 0.3) is 0 Å². The number of hydrogen-bond acceptors (Lipinski definition) is 2. The maximum absolute atomic E-state index is 9.20. The molecule has 0 saturated heterocycles. The average molecular weight is 329 g/mol. The normalized spacial score (nSPS) is 11.7. The van der Waals surface area contributed by atoms with Gasteiger partial charge in [-0.25, -0.2) is 0 Å². The van der Waals surface area contributed by atoms with E-state index in [-0.39, 0.29) is 6.04 Å². The van der Waals surface area contributed by atoms with E-state index in [1.54, 1.807) is 0 Å². The van der Waals surface area contributed by atoms with E-state index in [0.717, 1.165) is 16.6 Å². The number of nitriles is 1. The summed E-state index contributed by atoms with van der Waals surface area (Å²) in [4.78, 5) is 0. The molecule has 0 radical (unpaired) electrons. The van der Waals surface area contributed by atoms with Crippen molar-refractivity contribution in [2.24, 2.45) is 0 Å². The quantitative estimate of drug-likeness (QED) is 0.837. The van der Waals surface area contributed by atoms with Crippen LogP contribution in [0.2, 0.25) is 0 Å². The molecule has 0 fully saturated rings. The number of benzene rings is 2. The van der Waals surface area contributed by atoms with E-state index in [9.17, 15) is 5.26 Å². The second-order valence-corrected chi connectivity index (χ2v) is 5.73. The molecule has 3 heteroatoms. The molecule has 0 aliphatic heterocycles. The molecule has 2 aromatic rings. The SMILES string of the molecule is CCC(Nc1cc(Br)ccc1C#N)c1ccc(C)cc1. The molecule has 0 saturated carbocycles. The van der Waals surface area contributed by atoms with Crippen LogP contribution in [0.5, 0.6) is 0 Å². The molecule has 0 aromatic heterocycles. The Kier molecular flexibility index (Phi) is 4.81. The third-order valence-electron chi connectivity index (χ3n) is 3.32. The minimum atomic E-state index is 0.206. The van der Waals surface area contributed by atoms with Gasteiger partial charge in [0.2, 0.25) is 0 Å². The summed E-state index contributed by atoms with van der Waals surface area (Å²) in [5, 5.41) is 12.7. The Balaban J connectivity index is 2.29. The summed E-state index contributed by atoms with van der Waals surface area (Å²) in [6.45, 7) is 4.22. The molecule has 2 aromatic carbocycles. The largest absolute Gasteiger partial charge is 0.377 e. The van der Waals surface area contributed by atoms with Crippen molar-refractivity contribution in [2.75, 3.05) is 5.32 Å². The molecule has 1 N–H and O–H groups in total. The predicted octanol–water partition coefficient (Wildman–Crippen LogP) is 5.19. The molecule has 0 amide bonds. The molecular formula is C17H17BrN2. The van der Waals surface area contributed by atoms with Crippen LogP contribution < -0.4 is 5.32 Å². The smallest absolute Gasteiger partial charge is 0.101 e. The minimum Gasteiger partial charge on any atom is -0.377 e. The van der Waals surface area contributed by atoms with Gasteiger partial charge in [-0.05, 0) is 37.1 Å². The average Bonchev–Trinajstić information content (AvgIpc) is 2.46. The van der Waals surface area contributed by atoms with Gasteiger partial charge in [-0.15, -0.1) is 0 Å². The Labute approximate surface area is 128 Å². The third-order valence-corrected chi connectivity index (χ3v) is 3.81. The first kappa shape index (κ1) is 14.6. The first-order chi connectivity index (χ1) is 9.63. The molecule has 1 atom stereocenters. The first-order valence-electron chi connectivity index (χ1n) is 6.66. The molecule has 0 bridgehead atoms. The van der Waals surface area contributed by atoms with Crippen molar-refractivity contribution < 1.29 is 0 Å². The maximum atomic E-state index is 9.20. The van der Waals surface area contributed by atoms with Crippen LogP contribution in [0.4, 0.5) is 5.69 Å². The van der Waals surface area contributed by atoms with Crippen LogP contribution in [-0.2, 0) is 0 Å². The predicted molar refractivity (Wildman–Crippen MR) is 86.7 cm³/mol. The Morgan fingerprint density at radius 3 is 2.50 bits per heavy atom. The van der Waals surface area contributed by atoms with Crippen molar-refractivity contribution >= 4 is 21.6 Å². The summed E-state index contributed by atoms with van der Waals surface area (Å²) >= 11 is 3.45. The van der Waals surface area contributed by atoms with Gasteiger partial charge in [0.1, 0.15) is 6.07 Å². The van der Waals surface area contributed by atoms with Gasteiger partial charge in [0.15, 0.2) is 0 Å². The van der Waals surface area contributed by atoms with E-state index in [1.807, 2.05) is 18.2 Å². The lowest BCUT2D eigenvalue weighted by Gasteiger charge is -2.20. The van der Waals surface area contributed by atoms with E-state index < -0.39 is 0 Å². The van der Waals surface area contributed by atoms with E-state index >= 15 is 0 Å². The molecule has 0 spiro atoms. The van der Waals surface area contributed by atoms with Crippen molar-refractivity contribution in [3.05, 3.63) is 63.6 Å². The second-order valence-electron chi connectivity index (χ2n) is 4.82. The van der Waals surface area contributed by atoms with Gasteiger partial charge in [0.05, 0.1) is 17.3 Å². The lowest BCUT2D eigenvalue weighted by molar-refractivity contribution is 0.748. The zero-order valence-electron chi connectivity index (χ0n) is 11.7. The Hall–Kier alpha value is -1.79. The summed E-state index contributed by atoms with van der Waals surface area (Å²) in [5.41, 5.74) is 4.03. The lowest BCUT2D eigenvalue weighted by atomic mass is 10.0. The van der Waals surface area contributed by atoms with Crippen molar-refractivity contribution in [1.29, 1.82) is 5.26 Å². The van der Waals surface area contributed by atoms with Gasteiger partial charge in [-0.2, -0.15) is 5.26 Å². The van der Waals surface area contributed by atoms with Crippen molar-refractivity contribution in [1.82, 2.24) is 0 Å². The van der Waals surface area contributed by atoms with Crippen LogP contribution >= 0.6 is 15.9 Å². The van der Waals surface area contributed by atoms with E-state index in [0.29, 0.717) is 5.56 Å². The zero-order chi connectivity index (χ0) is 14.5.